The smallest absolute Gasteiger partial charge is 0.238 e. The third kappa shape index (κ3) is 3.10. The van der Waals surface area contributed by atoms with Gasteiger partial charge in [-0.25, -0.2) is 8.42 Å². The van der Waals surface area contributed by atoms with Crippen molar-refractivity contribution in [2.75, 3.05) is 4.72 Å². The quantitative estimate of drug-likeness (QED) is 0.914. The van der Waals surface area contributed by atoms with Crippen LogP contribution in [0.15, 0.2) is 36.4 Å². The number of aromatic nitrogens is 2. The third-order valence-corrected chi connectivity index (χ3v) is 3.81. The molecular formula is C12H15N3O2S. The topological polar surface area (TPSA) is 64.0 Å². The van der Waals surface area contributed by atoms with Crippen molar-refractivity contribution in [2.24, 2.45) is 7.05 Å². The van der Waals surface area contributed by atoms with Gasteiger partial charge in [0.25, 0.3) is 0 Å². The Balaban J connectivity index is 2.13. The van der Waals surface area contributed by atoms with Crippen LogP contribution >= 0.6 is 0 Å². The fourth-order valence-electron chi connectivity index (χ4n) is 1.60. The first kappa shape index (κ1) is 12.6. The van der Waals surface area contributed by atoms with Gasteiger partial charge in [0.15, 0.2) is 5.82 Å². The number of hydrogen-bond acceptors (Lipinski definition) is 3. The molecule has 0 unspecified atom stereocenters. The van der Waals surface area contributed by atoms with Crippen molar-refractivity contribution in [2.45, 2.75) is 12.7 Å². The van der Waals surface area contributed by atoms with E-state index in [0.29, 0.717) is 5.82 Å². The number of rotatable bonds is 4. The predicted octanol–water partition coefficient (Wildman–Crippen LogP) is 1.67. The Labute approximate surface area is 107 Å². The van der Waals surface area contributed by atoms with Gasteiger partial charge in [-0.15, -0.1) is 0 Å². The Bertz CT molecular complexity index is 613. The summed E-state index contributed by atoms with van der Waals surface area (Å²) in [5.41, 5.74) is 1.64. The molecule has 1 aromatic heterocycles. The molecule has 0 atom stereocenters. The van der Waals surface area contributed by atoms with E-state index < -0.39 is 10.0 Å². The Morgan fingerprint density at radius 1 is 1.28 bits per heavy atom. The van der Waals surface area contributed by atoms with E-state index in [1.165, 1.54) is 0 Å². The summed E-state index contributed by atoms with van der Waals surface area (Å²) in [6, 6.07) is 10.7. The summed E-state index contributed by atoms with van der Waals surface area (Å²) in [7, 11) is -1.65. The first-order valence-corrected chi connectivity index (χ1v) is 7.16. The van der Waals surface area contributed by atoms with E-state index in [1.54, 1.807) is 29.9 Å². The highest BCUT2D eigenvalue weighted by Gasteiger charge is 2.13. The van der Waals surface area contributed by atoms with Crippen LogP contribution in [0.2, 0.25) is 0 Å². The van der Waals surface area contributed by atoms with Crippen LogP contribution in [-0.2, 0) is 22.8 Å². The minimum Gasteiger partial charge on any atom is -0.271 e. The van der Waals surface area contributed by atoms with E-state index in [-0.39, 0.29) is 5.75 Å². The molecule has 0 saturated carbocycles. The van der Waals surface area contributed by atoms with Crippen LogP contribution in [0.4, 0.5) is 5.82 Å². The first-order chi connectivity index (χ1) is 8.46. The number of aryl methyl sites for hydroxylation is 2. The second kappa shape index (κ2) is 4.81. The fraction of sp³-hybridized carbons (Fsp3) is 0.250. The van der Waals surface area contributed by atoms with Gasteiger partial charge in [0.2, 0.25) is 10.0 Å². The van der Waals surface area contributed by atoms with E-state index in [0.717, 1.165) is 11.3 Å². The number of benzene rings is 1. The zero-order valence-corrected chi connectivity index (χ0v) is 11.1. The van der Waals surface area contributed by atoms with E-state index in [9.17, 15) is 8.42 Å². The normalized spacial score (nSPS) is 11.4. The standard InChI is InChI=1S/C12H15N3O2S/c1-10-8-12(13-15(10)2)14-18(16,17)9-11-6-4-3-5-7-11/h3-8H,9H2,1-2H3,(H,13,14). The summed E-state index contributed by atoms with van der Waals surface area (Å²) >= 11 is 0. The highest BCUT2D eigenvalue weighted by Crippen LogP contribution is 2.12. The zero-order valence-electron chi connectivity index (χ0n) is 10.3. The van der Waals surface area contributed by atoms with Crippen LogP contribution in [0.3, 0.4) is 0 Å². The molecule has 96 valence electrons. The van der Waals surface area contributed by atoms with Crippen LogP contribution in [-0.4, -0.2) is 18.2 Å². The molecule has 0 spiro atoms. The molecule has 2 rings (SSSR count). The van der Waals surface area contributed by atoms with Gasteiger partial charge in [0.1, 0.15) is 0 Å². The second-order valence-corrected chi connectivity index (χ2v) is 5.86. The van der Waals surface area contributed by atoms with Crippen molar-refractivity contribution < 1.29 is 8.42 Å². The van der Waals surface area contributed by atoms with Gasteiger partial charge in [-0.3, -0.25) is 9.40 Å². The molecule has 0 amide bonds. The molecular weight excluding hydrogens is 250 g/mol. The molecule has 18 heavy (non-hydrogen) atoms. The molecule has 1 heterocycles. The van der Waals surface area contributed by atoms with Gasteiger partial charge in [-0.1, -0.05) is 30.3 Å². The summed E-state index contributed by atoms with van der Waals surface area (Å²) in [5, 5.41) is 4.06. The Hall–Kier alpha value is -1.82. The van der Waals surface area contributed by atoms with Gasteiger partial charge in [0, 0.05) is 18.8 Å². The average molecular weight is 265 g/mol. The van der Waals surface area contributed by atoms with Crippen LogP contribution in [0.5, 0.6) is 0 Å². The van der Waals surface area contributed by atoms with Crippen molar-refractivity contribution in [3.8, 4) is 0 Å². The van der Waals surface area contributed by atoms with E-state index in [1.807, 2.05) is 25.1 Å². The first-order valence-electron chi connectivity index (χ1n) is 5.51. The highest BCUT2D eigenvalue weighted by molar-refractivity contribution is 7.91. The number of sulfonamides is 1. The maximum atomic E-state index is 11.9. The molecule has 0 fully saturated rings. The number of anilines is 1. The Morgan fingerprint density at radius 2 is 1.94 bits per heavy atom. The van der Waals surface area contributed by atoms with Crippen molar-refractivity contribution in [1.29, 1.82) is 0 Å². The SMILES string of the molecule is Cc1cc(NS(=O)(=O)Cc2ccccc2)nn1C. The molecule has 0 radical (unpaired) electrons. The number of hydrogen-bond donors (Lipinski definition) is 1. The molecule has 0 aliphatic heterocycles. The maximum Gasteiger partial charge on any atom is 0.238 e. The van der Waals surface area contributed by atoms with Crippen LogP contribution < -0.4 is 4.72 Å². The summed E-state index contributed by atoms with van der Waals surface area (Å²) in [6.07, 6.45) is 0. The minimum absolute atomic E-state index is 0.0521. The molecule has 1 aromatic carbocycles. The summed E-state index contributed by atoms with van der Waals surface area (Å²) < 4.78 is 28.0. The number of nitrogens with one attached hydrogen (secondary N) is 1. The zero-order chi connectivity index (χ0) is 13.2. The second-order valence-electron chi connectivity index (χ2n) is 4.14. The summed E-state index contributed by atoms with van der Waals surface area (Å²) in [5.74, 6) is 0.301. The van der Waals surface area contributed by atoms with Crippen molar-refractivity contribution in [3.05, 3.63) is 47.7 Å². The lowest BCUT2D eigenvalue weighted by Gasteiger charge is -2.05. The van der Waals surface area contributed by atoms with Crippen molar-refractivity contribution >= 4 is 15.8 Å². The maximum absolute atomic E-state index is 11.9. The molecule has 0 aliphatic rings. The van der Waals surface area contributed by atoms with Crippen molar-refractivity contribution in [3.63, 3.8) is 0 Å². The largest absolute Gasteiger partial charge is 0.271 e. The summed E-state index contributed by atoms with van der Waals surface area (Å²) in [4.78, 5) is 0. The van der Waals surface area contributed by atoms with Gasteiger partial charge >= 0.3 is 0 Å². The Kier molecular flexibility index (Phi) is 3.38. The molecule has 6 heteroatoms. The summed E-state index contributed by atoms with van der Waals surface area (Å²) in [6.45, 7) is 1.86. The van der Waals surface area contributed by atoms with E-state index in [2.05, 4.69) is 9.82 Å². The average Bonchev–Trinajstić information content (AvgIpc) is 2.57. The van der Waals surface area contributed by atoms with Crippen LogP contribution in [0.1, 0.15) is 11.3 Å². The minimum atomic E-state index is -3.42. The van der Waals surface area contributed by atoms with Crippen LogP contribution in [0, 0.1) is 6.92 Å². The molecule has 0 saturated heterocycles. The van der Waals surface area contributed by atoms with E-state index >= 15 is 0 Å². The molecule has 1 N–H and O–H groups in total. The van der Waals surface area contributed by atoms with Gasteiger partial charge in [-0.05, 0) is 12.5 Å². The predicted molar refractivity (Wildman–Crippen MR) is 70.6 cm³/mol. The molecule has 2 aromatic rings. The van der Waals surface area contributed by atoms with Crippen molar-refractivity contribution in [1.82, 2.24) is 9.78 Å². The molecule has 0 aliphatic carbocycles. The third-order valence-electron chi connectivity index (χ3n) is 2.57. The van der Waals surface area contributed by atoms with Gasteiger partial charge in [0.05, 0.1) is 5.75 Å². The fourth-order valence-corrected chi connectivity index (χ4v) is 2.72. The number of nitrogens with zero attached hydrogens (tertiary/aromatic N) is 2. The highest BCUT2D eigenvalue weighted by atomic mass is 32.2. The Morgan fingerprint density at radius 3 is 2.50 bits per heavy atom. The van der Waals surface area contributed by atoms with Gasteiger partial charge < -0.3 is 0 Å². The van der Waals surface area contributed by atoms with Gasteiger partial charge in [-0.2, -0.15) is 5.10 Å². The lowest BCUT2D eigenvalue weighted by Crippen LogP contribution is -2.15. The van der Waals surface area contributed by atoms with E-state index in [4.69, 9.17) is 0 Å². The lowest BCUT2D eigenvalue weighted by atomic mass is 10.2. The molecule has 0 bridgehead atoms. The lowest BCUT2D eigenvalue weighted by molar-refractivity contribution is 0.600. The monoisotopic (exact) mass is 265 g/mol. The molecule has 5 nitrogen and oxygen atoms in total. The van der Waals surface area contributed by atoms with Crippen LogP contribution in [0.25, 0.3) is 0 Å².